The van der Waals surface area contributed by atoms with Crippen molar-refractivity contribution in [2.45, 2.75) is 9.79 Å². The summed E-state index contributed by atoms with van der Waals surface area (Å²) < 4.78 is 10.3. The van der Waals surface area contributed by atoms with Gasteiger partial charge in [0.1, 0.15) is 5.56 Å². The SMILES string of the molecule is COc1ncccc1C(=O)OCC(=O)N1c2ccccc2Sc2ccccc21. The molecule has 0 atom stereocenters. The number of methoxy groups -OCH3 is 1. The van der Waals surface area contributed by atoms with Crippen LogP contribution in [0.15, 0.2) is 76.7 Å². The van der Waals surface area contributed by atoms with Crippen molar-refractivity contribution < 1.29 is 19.1 Å². The lowest BCUT2D eigenvalue weighted by molar-refractivity contribution is -0.121. The Hall–Kier alpha value is -3.32. The molecule has 0 saturated heterocycles. The first kappa shape index (κ1) is 18.1. The number of aromatic nitrogens is 1. The number of hydrogen-bond donors (Lipinski definition) is 0. The summed E-state index contributed by atoms with van der Waals surface area (Å²) in [6.45, 7) is -0.399. The second-order valence-corrected chi connectivity index (χ2v) is 6.99. The van der Waals surface area contributed by atoms with Crippen LogP contribution in [0.2, 0.25) is 0 Å². The van der Waals surface area contributed by atoms with Gasteiger partial charge in [-0.15, -0.1) is 0 Å². The molecule has 1 aromatic heterocycles. The van der Waals surface area contributed by atoms with Crippen LogP contribution in [0.4, 0.5) is 11.4 Å². The smallest absolute Gasteiger partial charge is 0.344 e. The molecule has 0 N–H and O–H groups in total. The third-order valence-corrected chi connectivity index (χ3v) is 5.32. The number of esters is 1. The number of pyridine rings is 1. The molecular formula is C21H16N2O4S. The molecule has 1 amide bonds. The number of ether oxygens (including phenoxy) is 2. The molecule has 2 aromatic carbocycles. The third kappa shape index (κ3) is 3.32. The Morgan fingerprint density at radius 2 is 1.61 bits per heavy atom. The maximum atomic E-state index is 13.0. The van der Waals surface area contributed by atoms with E-state index < -0.39 is 12.6 Å². The van der Waals surface area contributed by atoms with Gasteiger partial charge in [-0.3, -0.25) is 9.69 Å². The van der Waals surface area contributed by atoms with Crippen molar-refractivity contribution in [3.63, 3.8) is 0 Å². The third-order valence-electron chi connectivity index (χ3n) is 4.19. The largest absolute Gasteiger partial charge is 0.480 e. The minimum atomic E-state index is -0.661. The number of nitrogens with zero attached hydrogens (tertiary/aromatic N) is 2. The van der Waals surface area contributed by atoms with Crippen molar-refractivity contribution in [2.24, 2.45) is 0 Å². The predicted octanol–water partition coefficient (Wildman–Crippen LogP) is 4.08. The molecule has 1 aliphatic heterocycles. The summed E-state index contributed by atoms with van der Waals surface area (Å²) in [6.07, 6.45) is 1.51. The molecule has 0 saturated carbocycles. The summed E-state index contributed by atoms with van der Waals surface area (Å²) in [7, 11) is 1.42. The molecule has 6 nitrogen and oxygen atoms in total. The van der Waals surface area contributed by atoms with Gasteiger partial charge in [0.05, 0.1) is 18.5 Å². The molecule has 3 aromatic rings. The molecule has 1 aliphatic rings. The minimum Gasteiger partial charge on any atom is -0.480 e. The van der Waals surface area contributed by atoms with Gasteiger partial charge in [0.25, 0.3) is 5.91 Å². The van der Waals surface area contributed by atoms with Crippen molar-refractivity contribution in [3.8, 4) is 5.88 Å². The van der Waals surface area contributed by atoms with E-state index in [9.17, 15) is 9.59 Å². The highest BCUT2D eigenvalue weighted by molar-refractivity contribution is 7.99. The van der Waals surface area contributed by atoms with E-state index in [1.807, 2.05) is 48.5 Å². The summed E-state index contributed by atoms with van der Waals surface area (Å²) in [5.41, 5.74) is 1.71. The first-order valence-electron chi connectivity index (χ1n) is 8.54. The molecule has 0 bridgehead atoms. The van der Waals surface area contributed by atoms with Crippen molar-refractivity contribution in [2.75, 3.05) is 18.6 Å². The van der Waals surface area contributed by atoms with Gasteiger partial charge in [-0.1, -0.05) is 36.0 Å². The van der Waals surface area contributed by atoms with Crippen molar-refractivity contribution >= 4 is 35.0 Å². The zero-order valence-electron chi connectivity index (χ0n) is 15.0. The second kappa shape index (κ2) is 7.74. The van der Waals surface area contributed by atoms with E-state index in [4.69, 9.17) is 9.47 Å². The van der Waals surface area contributed by atoms with E-state index in [0.29, 0.717) is 0 Å². The summed E-state index contributed by atoms with van der Waals surface area (Å²) in [6, 6.07) is 18.4. The fourth-order valence-corrected chi connectivity index (χ4v) is 4.01. The molecule has 140 valence electrons. The topological polar surface area (TPSA) is 68.7 Å². The lowest BCUT2D eigenvalue weighted by Gasteiger charge is -2.30. The highest BCUT2D eigenvalue weighted by Gasteiger charge is 2.28. The van der Waals surface area contributed by atoms with Gasteiger partial charge in [0.2, 0.25) is 5.88 Å². The van der Waals surface area contributed by atoms with E-state index in [1.54, 1.807) is 28.8 Å². The Kier molecular flexibility index (Phi) is 4.99. The molecule has 0 aliphatic carbocycles. The van der Waals surface area contributed by atoms with E-state index in [0.717, 1.165) is 21.2 Å². The quantitative estimate of drug-likeness (QED) is 0.624. The summed E-state index contributed by atoms with van der Waals surface area (Å²) in [5.74, 6) is -0.840. The molecule has 0 spiro atoms. The van der Waals surface area contributed by atoms with E-state index >= 15 is 0 Å². The maximum Gasteiger partial charge on any atom is 0.344 e. The summed E-state index contributed by atoms with van der Waals surface area (Å²) in [5, 5.41) is 0. The Bertz CT molecular complexity index is 1010. The van der Waals surface area contributed by atoms with Gasteiger partial charge in [-0.05, 0) is 36.4 Å². The number of amides is 1. The second-order valence-electron chi connectivity index (χ2n) is 5.90. The molecule has 0 unspecified atom stereocenters. The van der Waals surface area contributed by atoms with Crippen LogP contribution in [-0.2, 0) is 9.53 Å². The number of anilines is 2. The van der Waals surface area contributed by atoms with Crippen LogP contribution < -0.4 is 9.64 Å². The molecular weight excluding hydrogens is 376 g/mol. The maximum absolute atomic E-state index is 13.0. The van der Waals surface area contributed by atoms with Gasteiger partial charge in [-0.25, -0.2) is 9.78 Å². The Balaban J connectivity index is 1.58. The lowest BCUT2D eigenvalue weighted by atomic mass is 10.2. The molecule has 4 rings (SSSR count). The molecule has 2 heterocycles. The van der Waals surface area contributed by atoms with Crippen LogP contribution in [0.1, 0.15) is 10.4 Å². The normalized spacial score (nSPS) is 12.0. The number of rotatable bonds is 4. The fourth-order valence-electron chi connectivity index (χ4n) is 2.95. The monoisotopic (exact) mass is 392 g/mol. The van der Waals surface area contributed by atoms with Gasteiger partial charge < -0.3 is 9.47 Å². The Morgan fingerprint density at radius 3 is 2.25 bits per heavy atom. The number of para-hydroxylation sites is 2. The zero-order chi connectivity index (χ0) is 19.5. The predicted molar refractivity (Wildman–Crippen MR) is 105 cm³/mol. The van der Waals surface area contributed by atoms with E-state index in [1.165, 1.54) is 13.3 Å². The average molecular weight is 392 g/mol. The van der Waals surface area contributed by atoms with Gasteiger partial charge >= 0.3 is 5.97 Å². The lowest BCUT2D eigenvalue weighted by Crippen LogP contribution is -2.32. The van der Waals surface area contributed by atoms with Gasteiger partial charge in [0, 0.05) is 16.0 Å². The van der Waals surface area contributed by atoms with E-state index in [2.05, 4.69) is 4.98 Å². The summed E-state index contributed by atoms with van der Waals surface area (Å²) >= 11 is 1.60. The highest BCUT2D eigenvalue weighted by Crippen LogP contribution is 2.47. The molecule has 0 radical (unpaired) electrons. The van der Waals surface area contributed by atoms with Crippen LogP contribution in [-0.4, -0.2) is 30.6 Å². The number of carbonyl (C=O) groups excluding carboxylic acids is 2. The van der Waals surface area contributed by atoms with Gasteiger partial charge in [-0.2, -0.15) is 0 Å². The average Bonchev–Trinajstić information content (AvgIpc) is 2.75. The summed E-state index contributed by atoms with van der Waals surface area (Å²) in [4.78, 5) is 32.9. The number of hydrogen-bond acceptors (Lipinski definition) is 6. The minimum absolute atomic E-state index is 0.157. The van der Waals surface area contributed by atoms with Crippen LogP contribution >= 0.6 is 11.8 Å². The standard InChI is InChI=1S/C21H16N2O4S/c1-26-20-14(7-6-12-22-20)21(25)27-13-19(24)23-15-8-2-4-10-17(15)28-18-11-5-3-9-16(18)23/h2-12H,13H2,1H3. The first-order valence-corrected chi connectivity index (χ1v) is 9.35. The van der Waals surface area contributed by atoms with Crippen molar-refractivity contribution in [3.05, 3.63) is 72.4 Å². The first-order chi connectivity index (χ1) is 13.7. The molecule has 28 heavy (non-hydrogen) atoms. The molecule has 7 heteroatoms. The Labute approximate surface area is 166 Å². The van der Waals surface area contributed by atoms with Crippen molar-refractivity contribution in [1.82, 2.24) is 4.98 Å². The van der Waals surface area contributed by atoms with Gasteiger partial charge in [0.15, 0.2) is 6.61 Å². The van der Waals surface area contributed by atoms with Crippen LogP contribution in [0.5, 0.6) is 5.88 Å². The van der Waals surface area contributed by atoms with Crippen LogP contribution in [0, 0.1) is 0 Å². The van der Waals surface area contributed by atoms with E-state index in [-0.39, 0.29) is 17.4 Å². The Morgan fingerprint density at radius 1 is 0.964 bits per heavy atom. The van der Waals surface area contributed by atoms with Crippen molar-refractivity contribution in [1.29, 1.82) is 0 Å². The number of benzene rings is 2. The zero-order valence-corrected chi connectivity index (χ0v) is 15.8. The number of carbonyl (C=O) groups is 2. The van der Waals surface area contributed by atoms with Crippen LogP contribution in [0.3, 0.4) is 0 Å². The molecule has 0 fully saturated rings. The fraction of sp³-hybridized carbons (Fsp3) is 0.0952. The van der Waals surface area contributed by atoms with Crippen LogP contribution in [0.25, 0.3) is 0 Å². The highest BCUT2D eigenvalue weighted by atomic mass is 32.2. The number of fused-ring (bicyclic) bond motifs is 2.